The summed E-state index contributed by atoms with van der Waals surface area (Å²) in [6.07, 6.45) is 6.95. The van der Waals surface area contributed by atoms with Crippen LogP contribution >= 0.6 is 0 Å². The minimum absolute atomic E-state index is 0.0859. The molecular formula is C15H25N5O4S. The van der Waals surface area contributed by atoms with Gasteiger partial charge in [0, 0.05) is 25.0 Å². The van der Waals surface area contributed by atoms with Crippen molar-refractivity contribution in [3.63, 3.8) is 0 Å². The molecule has 2 aliphatic rings. The largest absolute Gasteiger partial charge is 0.337 e. The van der Waals surface area contributed by atoms with Gasteiger partial charge in [-0.2, -0.15) is 4.98 Å². The van der Waals surface area contributed by atoms with Crippen LogP contribution in [0.3, 0.4) is 0 Å². The number of nitrogens with one attached hydrogen (secondary N) is 2. The van der Waals surface area contributed by atoms with Crippen LogP contribution in [0.15, 0.2) is 4.52 Å². The van der Waals surface area contributed by atoms with Gasteiger partial charge >= 0.3 is 6.03 Å². The van der Waals surface area contributed by atoms with E-state index in [1.54, 1.807) is 0 Å². The van der Waals surface area contributed by atoms with Gasteiger partial charge in [-0.1, -0.05) is 18.0 Å². The van der Waals surface area contributed by atoms with Crippen molar-refractivity contribution < 1.29 is 17.7 Å². The van der Waals surface area contributed by atoms with Gasteiger partial charge in [-0.25, -0.2) is 17.5 Å². The van der Waals surface area contributed by atoms with E-state index in [4.69, 9.17) is 4.52 Å². The van der Waals surface area contributed by atoms with E-state index >= 15 is 0 Å². The molecule has 2 N–H and O–H groups in total. The quantitative estimate of drug-likeness (QED) is 0.796. The first kappa shape index (κ1) is 18.1. The number of nitrogens with zero attached hydrogens (tertiary/aromatic N) is 3. The minimum atomic E-state index is -3.14. The molecule has 140 valence electrons. The number of piperidine rings is 1. The van der Waals surface area contributed by atoms with Crippen molar-refractivity contribution in [1.29, 1.82) is 0 Å². The van der Waals surface area contributed by atoms with Gasteiger partial charge in [-0.3, -0.25) is 0 Å². The maximum Gasteiger partial charge on any atom is 0.315 e. The maximum atomic E-state index is 11.8. The molecule has 1 aliphatic heterocycles. The van der Waals surface area contributed by atoms with Crippen molar-refractivity contribution in [2.75, 3.05) is 19.3 Å². The summed E-state index contributed by atoms with van der Waals surface area (Å²) in [6, 6.07) is 0.0476. The molecule has 1 saturated heterocycles. The number of urea groups is 1. The van der Waals surface area contributed by atoms with Gasteiger partial charge in [-0.15, -0.1) is 0 Å². The van der Waals surface area contributed by atoms with Crippen LogP contribution < -0.4 is 10.6 Å². The number of carbonyl (C=O) groups is 1. The van der Waals surface area contributed by atoms with Gasteiger partial charge in [0.15, 0.2) is 5.82 Å². The molecule has 2 amide bonds. The first-order valence-corrected chi connectivity index (χ1v) is 10.6. The minimum Gasteiger partial charge on any atom is -0.337 e. The highest BCUT2D eigenvalue weighted by Crippen LogP contribution is 2.26. The summed E-state index contributed by atoms with van der Waals surface area (Å²) >= 11 is 0. The summed E-state index contributed by atoms with van der Waals surface area (Å²) < 4.78 is 29.7. The SMILES string of the molecule is CS(=O)(=O)N1CCC(c2noc(CNC(=O)NC3CCCC3)n2)CC1. The normalized spacial score (nSPS) is 20.7. The number of amides is 2. The van der Waals surface area contributed by atoms with Gasteiger partial charge in [0.25, 0.3) is 0 Å². The third kappa shape index (κ3) is 4.91. The lowest BCUT2D eigenvalue weighted by Crippen LogP contribution is -2.40. The van der Waals surface area contributed by atoms with E-state index in [2.05, 4.69) is 20.8 Å². The molecule has 0 radical (unpaired) electrons. The highest BCUT2D eigenvalue weighted by molar-refractivity contribution is 7.88. The van der Waals surface area contributed by atoms with Crippen molar-refractivity contribution >= 4 is 16.1 Å². The Hall–Kier alpha value is -1.68. The summed E-state index contributed by atoms with van der Waals surface area (Å²) in [7, 11) is -3.14. The maximum absolute atomic E-state index is 11.8. The fraction of sp³-hybridized carbons (Fsp3) is 0.800. The Morgan fingerprint density at radius 1 is 1.24 bits per heavy atom. The number of hydrogen-bond acceptors (Lipinski definition) is 6. The fourth-order valence-corrected chi connectivity index (χ4v) is 4.29. The van der Waals surface area contributed by atoms with Crippen molar-refractivity contribution in [2.24, 2.45) is 0 Å². The van der Waals surface area contributed by atoms with Crippen molar-refractivity contribution in [3.8, 4) is 0 Å². The Labute approximate surface area is 147 Å². The Kier molecular flexibility index (Phi) is 5.57. The molecule has 2 heterocycles. The van der Waals surface area contributed by atoms with Crippen molar-refractivity contribution in [2.45, 2.75) is 57.0 Å². The van der Waals surface area contributed by atoms with E-state index in [9.17, 15) is 13.2 Å². The van der Waals surface area contributed by atoms with Crippen LogP contribution in [0.1, 0.15) is 56.2 Å². The molecule has 0 atom stereocenters. The average molecular weight is 371 g/mol. The molecule has 1 aromatic heterocycles. The number of carbonyl (C=O) groups excluding carboxylic acids is 1. The van der Waals surface area contributed by atoms with Crippen LogP contribution in [0, 0.1) is 0 Å². The van der Waals surface area contributed by atoms with E-state index in [1.807, 2.05) is 0 Å². The lowest BCUT2D eigenvalue weighted by molar-refractivity contribution is 0.234. The molecule has 9 nitrogen and oxygen atoms in total. The molecule has 1 aliphatic carbocycles. The molecule has 0 aromatic carbocycles. The predicted molar refractivity (Wildman–Crippen MR) is 90.3 cm³/mol. The molecule has 3 rings (SSSR count). The fourth-order valence-electron chi connectivity index (χ4n) is 3.41. The smallest absolute Gasteiger partial charge is 0.315 e. The second kappa shape index (κ2) is 7.69. The second-order valence-electron chi connectivity index (χ2n) is 6.79. The van der Waals surface area contributed by atoms with Gasteiger partial charge in [0.2, 0.25) is 15.9 Å². The van der Waals surface area contributed by atoms with E-state index in [1.165, 1.54) is 10.6 Å². The molecular weight excluding hydrogens is 346 g/mol. The predicted octanol–water partition coefficient (Wildman–Crippen LogP) is 0.950. The third-order valence-corrected chi connectivity index (χ3v) is 6.17. The molecule has 1 aromatic rings. The molecule has 25 heavy (non-hydrogen) atoms. The zero-order valence-electron chi connectivity index (χ0n) is 14.4. The average Bonchev–Trinajstić information content (AvgIpc) is 3.24. The zero-order chi connectivity index (χ0) is 17.9. The standard InChI is InChI=1S/C15H25N5O4S/c1-25(22,23)20-8-6-11(7-9-20)14-18-13(24-19-14)10-16-15(21)17-12-4-2-3-5-12/h11-12H,2-10H2,1H3,(H2,16,17,21). The Morgan fingerprint density at radius 3 is 2.56 bits per heavy atom. The first-order valence-electron chi connectivity index (χ1n) is 8.74. The summed E-state index contributed by atoms with van der Waals surface area (Å²) in [5.74, 6) is 1.03. The summed E-state index contributed by atoms with van der Waals surface area (Å²) in [6.45, 7) is 1.12. The highest BCUT2D eigenvalue weighted by Gasteiger charge is 2.28. The number of sulfonamides is 1. The van der Waals surface area contributed by atoms with E-state index in [0.29, 0.717) is 37.6 Å². The zero-order valence-corrected chi connectivity index (χ0v) is 15.2. The van der Waals surface area contributed by atoms with Crippen LogP contribution in [0.4, 0.5) is 4.79 Å². The summed E-state index contributed by atoms with van der Waals surface area (Å²) in [5.41, 5.74) is 0. The lowest BCUT2D eigenvalue weighted by atomic mass is 9.98. The van der Waals surface area contributed by atoms with E-state index < -0.39 is 10.0 Å². The molecule has 0 bridgehead atoms. The van der Waals surface area contributed by atoms with Crippen LogP contribution in [-0.4, -0.2) is 54.3 Å². The molecule has 1 saturated carbocycles. The van der Waals surface area contributed by atoms with Crippen LogP contribution in [0.5, 0.6) is 0 Å². The highest BCUT2D eigenvalue weighted by atomic mass is 32.2. The first-order chi connectivity index (χ1) is 11.9. The number of aromatic nitrogens is 2. The van der Waals surface area contributed by atoms with Gasteiger partial charge < -0.3 is 15.2 Å². The van der Waals surface area contributed by atoms with Crippen molar-refractivity contribution in [3.05, 3.63) is 11.7 Å². The molecule has 0 unspecified atom stereocenters. The summed E-state index contributed by atoms with van der Waals surface area (Å²) in [5, 5.41) is 9.65. The Bertz CT molecular complexity index is 691. The van der Waals surface area contributed by atoms with E-state index in [-0.39, 0.29) is 24.5 Å². The van der Waals surface area contributed by atoms with Gasteiger partial charge in [-0.05, 0) is 25.7 Å². The lowest BCUT2D eigenvalue weighted by Gasteiger charge is -2.28. The number of hydrogen-bond donors (Lipinski definition) is 2. The van der Waals surface area contributed by atoms with Gasteiger partial charge in [0.05, 0.1) is 12.8 Å². The summed E-state index contributed by atoms with van der Waals surface area (Å²) in [4.78, 5) is 16.2. The van der Waals surface area contributed by atoms with E-state index in [0.717, 1.165) is 25.7 Å². The number of rotatable bonds is 5. The Morgan fingerprint density at radius 2 is 1.92 bits per heavy atom. The monoisotopic (exact) mass is 371 g/mol. The molecule has 10 heteroatoms. The van der Waals surface area contributed by atoms with Crippen LogP contribution in [0.2, 0.25) is 0 Å². The molecule has 0 spiro atoms. The Balaban J connectivity index is 1.45. The van der Waals surface area contributed by atoms with Crippen molar-refractivity contribution in [1.82, 2.24) is 25.1 Å². The second-order valence-corrected chi connectivity index (χ2v) is 8.77. The van der Waals surface area contributed by atoms with Crippen LogP contribution in [-0.2, 0) is 16.6 Å². The molecule has 2 fully saturated rings. The van der Waals surface area contributed by atoms with Gasteiger partial charge in [0.1, 0.15) is 0 Å². The topological polar surface area (TPSA) is 117 Å². The van der Waals surface area contributed by atoms with Crippen LogP contribution in [0.25, 0.3) is 0 Å². The third-order valence-electron chi connectivity index (χ3n) is 4.86.